The minimum atomic E-state index is -4.30. The van der Waals surface area contributed by atoms with Gasteiger partial charge in [0.15, 0.2) is 5.16 Å². The van der Waals surface area contributed by atoms with Crippen molar-refractivity contribution >= 4 is 74.1 Å². The molecule has 0 bridgehead atoms. The summed E-state index contributed by atoms with van der Waals surface area (Å²) in [6.07, 6.45) is 0. The Hall–Kier alpha value is -3.48. The average Bonchev–Trinajstić information content (AvgIpc) is 3.45. The molecule has 0 fully saturated rings. The SMILES string of the molecule is CCOC(=O)C(=O)CSc1n[nH]c(N)n1.CCOC(=O)C(=O)CSc1nc2ccc(S(=O)(=O)O)cc2[nH]1. The third-order valence-electron chi connectivity index (χ3n) is 3.89. The number of fused-ring (bicyclic) bond motifs is 1. The summed E-state index contributed by atoms with van der Waals surface area (Å²) in [4.78, 5) is 55.1. The number of carbonyl (C=O) groups excluding carboxylic acids is 4. The predicted octanol–water partition coefficient (Wildman–Crippen LogP) is 0.645. The largest absolute Gasteiger partial charge is 0.460 e. The van der Waals surface area contributed by atoms with Gasteiger partial charge in [-0.2, -0.15) is 13.4 Å². The van der Waals surface area contributed by atoms with Gasteiger partial charge in [0.2, 0.25) is 22.7 Å². The first-order valence-electron chi connectivity index (χ1n) is 10.2. The molecule has 200 valence electrons. The minimum absolute atomic E-state index is 0.0594. The van der Waals surface area contributed by atoms with Gasteiger partial charge in [-0.25, -0.2) is 19.7 Å². The molecular formula is C19H22N6O9S3. The molecule has 1 aromatic carbocycles. The maximum atomic E-state index is 11.5. The van der Waals surface area contributed by atoms with Crippen LogP contribution in [0.25, 0.3) is 11.0 Å². The number of nitrogens with one attached hydrogen (secondary N) is 2. The smallest absolute Gasteiger partial charge is 0.375 e. The van der Waals surface area contributed by atoms with Crippen LogP contribution >= 0.6 is 23.5 Å². The second-order valence-electron chi connectivity index (χ2n) is 6.56. The highest BCUT2D eigenvalue weighted by molar-refractivity contribution is 8.00. The number of nitrogens with zero attached hydrogens (tertiary/aromatic N) is 3. The van der Waals surface area contributed by atoms with Crippen LogP contribution in [-0.2, 0) is 38.8 Å². The summed E-state index contributed by atoms with van der Waals surface area (Å²) < 4.78 is 40.2. The van der Waals surface area contributed by atoms with Crippen molar-refractivity contribution in [3.8, 4) is 0 Å². The van der Waals surface area contributed by atoms with Gasteiger partial charge in [0.25, 0.3) is 10.1 Å². The second-order valence-corrected chi connectivity index (χ2v) is 9.89. The normalized spacial score (nSPS) is 10.9. The van der Waals surface area contributed by atoms with Gasteiger partial charge in [-0.15, -0.1) is 5.10 Å². The average molecular weight is 575 g/mol. The van der Waals surface area contributed by atoms with Crippen molar-refractivity contribution in [3.05, 3.63) is 18.2 Å². The number of nitrogen functional groups attached to an aromatic ring is 1. The number of aromatic nitrogens is 5. The number of esters is 2. The molecule has 0 saturated carbocycles. The van der Waals surface area contributed by atoms with Crippen molar-refractivity contribution in [2.45, 2.75) is 29.1 Å². The number of anilines is 1. The molecular weight excluding hydrogens is 552 g/mol. The van der Waals surface area contributed by atoms with Crippen LogP contribution in [0.2, 0.25) is 0 Å². The van der Waals surface area contributed by atoms with Gasteiger partial charge < -0.3 is 20.2 Å². The van der Waals surface area contributed by atoms with E-state index in [1.807, 2.05) is 0 Å². The maximum Gasteiger partial charge on any atom is 0.375 e. The number of ether oxygens (including phenoxy) is 2. The Balaban J connectivity index is 0.000000281. The van der Waals surface area contributed by atoms with E-state index in [-0.39, 0.29) is 35.6 Å². The maximum absolute atomic E-state index is 11.5. The summed E-state index contributed by atoms with van der Waals surface area (Å²) >= 11 is 2.01. The fourth-order valence-corrected chi connectivity index (χ4v) is 4.21. The van der Waals surface area contributed by atoms with Crippen LogP contribution in [-0.4, -0.2) is 86.3 Å². The van der Waals surface area contributed by atoms with Crippen LogP contribution in [0.5, 0.6) is 0 Å². The molecule has 0 saturated heterocycles. The van der Waals surface area contributed by atoms with Gasteiger partial charge in [-0.3, -0.25) is 14.1 Å². The lowest BCUT2D eigenvalue weighted by Gasteiger charge is -1.98. The third kappa shape index (κ3) is 9.48. The quantitative estimate of drug-likeness (QED) is 0.106. The number of Topliss-reactive ketones (excluding diaryl/α,β-unsaturated/α-hetero) is 2. The highest BCUT2D eigenvalue weighted by Crippen LogP contribution is 2.22. The van der Waals surface area contributed by atoms with E-state index in [1.54, 1.807) is 13.8 Å². The van der Waals surface area contributed by atoms with Crippen molar-refractivity contribution < 1.29 is 41.6 Å². The number of ketones is 2. The van der Waals surface area contributed by atoms with E-state index in [4.69, 9.17) is 10.3 Å². The zero-order valence-corrected chi connectivity index (χ0v) is 21.9. The van der Waals surface area contributed by atoms with Gasteiger partial charge in [0.05, 0.1) is 40.6 Å². The highest BCUT2D eigenvalue weighted by Gasteiger charge is 2.17. The van der Waals surface area contributed by atoms with Crippen molar-refractivity contribution in [2.75, 3.05) is 30.5 Å². The van der Waals surface area contributed by atoms with Crippen molar-refractivity contribution in [1.29, 1.82) is 0 Å². The Morgan fingerprint density at radius 1 is 1.00 bits per heavy atom. The molecule has 15 nitrogen and oxygen atoms in total. The Morgan fingerprint density at radius 2 is 1.59 bits per heavy atom. The minimum Gasteiger partial charge on any atom is -0.460 e. The molecule has 0 unspecified atom stereocenters. The number of rotatable bonds is 11. The first-order valence-corrected chi connectivity index (χ1v) is 13.7. The molecule has 2 heterocycles. The van der Waals surface area contributed by atoms with Crippen molar-refractivity contribution in [3.63, 3.8) is 0 Å². The van der Waals surface area contributed by atoms with Crippen LogP contribution in [0.15, 0.2) is 33.4 Å². The van der Waals surface area contributed by atoms with Crippen LogP contribution in [0.3, 0.4) is 0 Å². The standard InChI is InChI=1S/C12H12N2O6S2.C7H10N4O3S/c1-2-20-11(16)10(15)6-21-12-13-8-4-3-7(22(17,18)19)5-9(8)14-12;1-2-14-5(13)4(12)3-15-7-9-6(8)10-11-7/h3-5H,2,6H2,1H3,(H,13,14)(H,17,18,19);2-3H2,1H3,(H3,8,9,10,11). The monoisotopic (exact) mass is 574 g/mol. The van der Waals surface area contributed by atoms with Crippen LogP contribution < -0.4 is 5.73 Å². The number of imidazole rings is 1. The fourth-order valence-electron chi connectivity index (χ4n) is 2.32. The van der Waals surface area contributed by atoms with E-state index in [0.717, 1.165) is 23.5 Å². The van der Waals surface area contributed by atoms with Crippen molar-refractivity contribution in [2.24, 2.45) is 0 Å². The van der Waals surface area contributed by atoms with Gasteiger partial charge in [0.1, 0.15) is 0 Å². The van der Waals surface area contributed by atoms with Crippen molar-refractivity contribution in [1.82, 2.24) is 25.1 Å². The van der Waals surface area contributed by atoms with E-state index in [9.17, 15) is 27.6 Å². The lowest BCUT2D eigenvalue weighted by molar-refractivity contribution is -0.152. The number of H-pyrrole nitrogens is 2. The number of benzene rings is 1. The van der Waals surface area contributed by atoms with Crippen LogP contribution in [0.1, 0.15) is 13.8 Å². The van der Waals surface area contributed by atoms with Crippen LogP contribution in [0, 0.1) is 0 Å². The van der Waals surface area contributed by atoms with E-state index in [1.165, 1.54) is 18.2 Å². The Kier molecular flexibility index (Phi) is 11.0. The number of hydrogen-bond acceptors (Lipinski definition) is 14. The molecule has 37 heavy (non-hydrogen) atoms. The Bertz CT molecular complexity index is 1390. The lowest BCUT2D eigenvalue weighted by Crippen LogP contribution is -2.19. The first-order chi connectivity index (χ1) is 17.4. The molecule has 5 N–H and O–H groups in total. The molecule has 0 aliphatic rings. The molecule has 0 amide bonds. The number of nitrogens with two attached hydrogens (primary N) is 1. The molecule has 0 atom stereocenters. The number of hydrogen-bond donors (Lipinski definition) is 4. The summed E-state index contributed by atoms with van der Waals surface area (Å²) in [5, 5.41) is 6.78. The summed E-state index contributed by atoms with van der Waals surface area (Å²) in [7, 11) is -4.30. The zero-order valence-electron chi connectivity index (χ0n) is 19.4. The highest BCUT2D eigenvalue weighted by atomic mass is 32.2. The molecule has 18 heteroatoms. The van der Waals surface area contributed by atoms with Gasteiger partial charge in [-0.1, -0.05) is 23.5 Å². The molecule has 2 aromatic heterocycles. The van der Waals surface area contributed by atoms with Gasteiger partial charge in [-0.05, 0) is 32.0 Å². The molecule has 0 aliphatic heterocycles. The third-order valence-corrected chi connectivity index (χ3v) is 6.46. The fraction of sp³-hybridized carbons (Fsp3) is 0.316. The van der Waals surface area contributed by atoms with E-state index in [0.29, 0.717) is 21.3 Å². The Morgan fingerprint density at radius 3 is 2.11 bits per heavy atom. The summed E-state index contributed by atoms with van der Waals surface area (Å²) in [6.45, 7) is 3.54. The summed E-state index contributed by atoms with van der Waals surface area (Å²) in [5.41, 5.74) is 6.13. The number of carbonyl (C=O) groups is 4. The summed E-state index contributed by atoms with van der Waals surface area (Å²) in [6, 6.07) is 3.87. The molecule has 3 aromatic rings. The van der Waals surface area contributed by atoms with Crippen LogP contribution in [0.4, 0.5) is 5.95 Å². The number of aromatic amines is 2. The topological polar surface area (TPSA) is 237 Å². The summed E-state index contributed by atoms with van der Waals surface area (Å²) in [5.74, 6) is -3.09. The molecule has 0 spiro atoms. The molecule has 3 rings (SSSR count). The lowest BCUT2D eigenvalue weighted by atomic mass is 10.3. The van der Waals surface area contributed by atoms with E-state index >= 15 is 0 Å². The number of thioether (sulfide) groups is 2. The Labute approximate surface area is 218 Å². The zero-order chi connectivity index (χ0) is 27.6. The predicted molar refractivity (Wildman–Crippen MR) is 131 cm³/mol. The van der Waals surface area contributed by atoms with E-state index < -0.39 is 33.6 Å². The first kappa shape index (κ1) is 29.7. The second kappa shape index (κ2) is 13.7. The molecule has 0 radical (unpaired) electrons. The molecule has 0 aliphatic carbocycles. The van der Waals surface area contributed by atoms with Gasteiger partial charge >= 0.3 is 11.9 Å². The van der Waals surface area contributed by atoms with Gasteiger partial charge in [0, 0.05) is 0 Å². The van der Waals surface area contributed by atoms with E-state index in [2.05, 4.69) is 34.6 Å².